The van der Waals surface area contributed by atoms with Gasteiger partial charge in [-0.1, -0.05) is 19.9 Å². The molecule has 0 bridgehead atoms. The number of aromatic amines is 1. The molecule has 0 unspecified atom stereocenters. The summed E-state index contributed by atoms with van der Waals surface area (Å²) in [4.78, 5) is 39.8. The van der Waals surface area contributed by atoms with Crippen LogP contribution in [0.2, 0.25) is 0 Å². The quantitative estimate of drug-likeness (QED) is 0.601. The normalized spacial score (nSPS) is 17.9. The molecule has 2 aromatic carbocycles. The number of aromatic nitrogens is 1. The minimum atomic E-state index is -0.939. The van der Waals surface area contributed by atoms with Crippen molar-refractivity contribution < 1.29 is 28.0 Å². The van der Waals surface area contributed by atoms with Crippen molar-refractivity contribution in [3.8, 4) is 11.5 Å². The molecule has 35 heavy (non-hydrogen) atoms. The Morgan fingerprint density at radius 2 is 2.03 bits per heavy atom. The predicted molar refractivity (Wildman–Crippen MR) is 123 cm³/mol. The Balaban J connectivity index is 1.51. The summed E-state index contributed by atoms with van der Waals surface area (Å²) in [5.74, 6) is -0.375. The number of nitrogens with zero attached hydrogens (tertiary/aromatic N) is 1. The monoisotopic (exact) mass is 480 g/mol. The summed E-state index contributed by atoms with van der Waals surface area (Å²) in [6.45, 7) is 4.41. The first-order chi connectivity index (χ1) is 16.7. The molecule has 0 aliphatic carbocycles. The standard InChI is InChI=1S/C26H25FN2O6/c1-26(2)13-34-20-10-14(8-18(27)23(20)26)9-19(30)24-17-5-4-16(33-3)11-15(17)6-7-29(24)25(32)21-12-22(31)28-35-21/h4-5,8,10-12,24H,6-7,9,13H2,1-3H3,(H,28,31)/t24-/m1/s1. The number of hydrogen-bond acceptors (Lipinski definition) is 6. The molecule has 1 amide bonds. The highest BCUT2D eigenvalue weighted by atomic mass is 19.1. The van der Waals surface area contributed by atoms with Crippen LogP contribution in [-0.4, -0.2) is 42.0 Å². The van der Waals surface area contributed by atoms with E-state index in [1.165, 1.54) is 11.0 Å². The molecule has 0 radical (unpaired) electrons. The number of Topliss-reactive ketones (excluding diaryl/α,β-unsaturated/α-hetero) is 1. The summed E-state index contributed by atoms with van der Waals surface area (Å²) in [5.41, 5.74) is 1.51. The van der Waals surface area contributed by atoms with Crippen LogP contribution >= 0.6 is 0 Å². The molecule has 9 heteroatoms. The summed E-state index contributed by atoms with van der Waals surface area (Å²) in [5, 5.41) is 2.11. The zero-order valence-corrected chi connectivity index (χ0v) is 19.6. The number of carbonyl (C=O) groups is 2. The zero-order chi connectivity index (χ0) is 24.9. The van der Waals surface area contributed by atoms with Gasteiger partial charge in [0, 0.05) is 23.9 Å². The second-order valence-corrected chi connectivity index (χ2v) is 9.56. The fourth-order valence-corrected chi connectivity index (χ4v) is 4.96. The molecule has 0 spiro atoms. The van der Waals surface area contributed by atoms with E-state index in [0.717, 1.165) is 11.6 Å². The van der Waals surface area contributed by atoms with Gasteiger partial charge in [-0.25, -0.2) is 4.39 Å². The van der Waals surface area contributed by atoms with E-state index in [1.54, 1.807) is 25.3 Å². The molecule has 1 N–H and O–H groups in total. The molecular weight excluding hydrogens is 455 g/mol. The van der Waals surface area contributed by atoms with Crippen molar-refractivity contribution in [3.05, 3.63) is 80.6 Å². The van der Waals surface area contributed by atoms with Crippen LogP contribution in [0.15, 0.2) is 45.7 Å². The van der Waals surface area contributed by atoms with Gasteiger partial charge in [0.2, 0.25) is 5.76 Å². The SMILES string of the molecule is COc1ccc2c(c1)CCN(C(=O)c1cc(=O)[nH]o1)[C@H]2C(=O)Cc1cc(F)c2c(c1)OCC2(C)C. The van der Waals surface area contributed by atoms with Crippen LogP contribution < -0.4 is 15.0 Å². The molecule has 3 aromatic rings. The van der Waals surface area contributed by atoms with E-state index in [0.29, 0.717) is 41.2 Å². The number of methoxy groups -OCH3 is 1. The molecule has 0 fully saturated rings. The number of ether oxygens (including phenoxy) is 2. The Morgan fingerprint density at radius 1 is 1.23 bits per heavy atom. The number of benzene rings is 2. The van der Waals surface area contributed by atoms with Gasteiger partial charge in [-0.05, 0) is 47.4 Å². The predicted octanol–water partition coefficient (Wildman–Crippen LogP) is 3.34. The maximum absolute atomic E-state index is 15.0. The van der Waals surface area contributed by atoms with Crippen LogP contribution in [0.5, 0.6) is 11.5 Å². The molecule has 182 valence electrons. The summed E-state index contributed by atoms with van der Waals surface area (Å²) >= 11 is 0. The highest BCUT2D eigenvalue weighted by Gasteiger charge is 2.39. The minimum absolute atomic E-state index is 0.106. The van der Waals surface area contributed by atoms with Crippen LogP contribution in [0.1, 0.15) is 52.7 Å². The molecular formula is C26H25FN2O6. The topological polar surface area (TPSA) is 102 Å². The number of halogens is 1. The molecule has 1 atom stereocenters. The van der Waals surface area contributed by atoms with E-state index in [-0.39, 0.29) is 24.5 Å². The first kappa shape index (κ1) is 22.9. The summed E-state index contributed by atoms with van der Waals surface area (Å²) < 4.78 is 31.0. The van der Waals surface area contributed by atoms with E-state index in [9.17, 15) is 18.8 Å². The first-order valence-corrected chi connectivity index (χ1v) is 11.3. The molecule has 0 saturated carbocycles. The van der Waals surface area contributed by atoms with Crippen molar-refractivity contribution in [1.82, 2.24) is 10.1 Å². The first-order valence-electron chi connectivity index (χ1n) is 11.3. The summed E-state index contributed by atoms with van der Waals surface area (Å²) in [6, 6.07) is 8.52. The Morgan fingerprint density at radius 3 is 2.74 bits per heavy atom. The third-order valence-corrected chi connectivity index (χ3v) is 6.64. The molecule has 5 rings (SSSR count). The third kappa shape index (κ3) is 4.00. The molecule has 1 aromatic heterocycles. The van der Waals surface area contributed by atoms with Crippen molar-refractivity contribution in [3.63, 3.8) is 0 Å². The van der Waals surface area contributed by atoms with Crippen molar-refractivity contribution in [2.45, 2.75) is 38.1 Å². The van der Waals surface area contributed by atoms with E-state index in [2.05, 4.69) is 5.16 Å². The molecule has 2 aliphatic rings. The van der Waals surface area contributed by atoms with Crippen LogP contribution in [0, 0.1) is 5.82 Å². The van der Waals surface area contributed by atoms with Crippen LogP contribution in [0.3, 0.4) is 0 Å². The lowest BCUT2D eigenvalue weighted by Gasteiger charge is -2.36. The number of carbonyl (C=O) groups excluding carboxylic acids is 2. The van der Waals surface area contributed by atoms with Crippen LogP contribution in [0.4, 0.5) is 4.39 Å². The van der Waals surface area contributed by atoms with Gasteiger partial charge >= 0.3 is 0 Å². The lowest BCUT2D eigenvalue weighted by molar-refractivity contribution is -0.123. The van der Waals surface area contributed by atoms with E-state index >= 15 is 0 Å². The largest absolute Gasteiger partial charge is 0.497 e. The van der Waals surface area contributed by atoms with Gasteiger partial charge in [-0.3, -0.25) is 14.4 Å². The minimum Gasteiger partial charge on any atom is -0.497 e. The Hall–Kier alpha value is -3.88. The van der Waals surface area contributed by atoms with Gasteiger partial charge < -0.3 is 18.9 Å². The van der Waals surface area contributed by atoms with Gasteiger partial charge in [-0.15, -0.1) is 0 Å². The number of H-pyrrole nitrogens is 1. The van der Waals surface area contributed by atoms with E-state index in [1.807, 2.05) is 19.9 Å². The molecule has 2 aliphatic heterocycles. The van der Waals surface area contributed by atoms with Crippen molar-refractivity contribution in [2.75, 3.05) is 20.3 Å². The highest BCUT2D eigenvalue weighted by Crippen LogP contribution is 2.41. The average molecular weight is 480 g/mol. The van der Waals surface area contributed by atoms with Crippen molar-refractivity contribution in [1.29, 1.82) is 0 Å². The third-order valence-electron chi connectivity index (χ3n) is 6.64. The average Bonchev–Trinajstić information content (AvgIpc) is 3.39. The number of amides is 1. The molecule has 3 heterocycles. The Bertz CT molecular complexity index is 1390. The van der Waals surface area contributed by atoms with Crippen LogP contribution in [0.25, 0.3) is 0 Å². The van der Waals surface area contributed by atoms with Crippen molar-refractivity contribution in [2.24, 2.45) is 0 Å². The van der Waals surface area contributed by atoms with Gasteiger partial charge in [-0.2, -0.15) is 5.16 Å². The number of hydrogen-bond donors (Lipinski definition) is 1. The summed E-state index contributed by atoms with van der Waals surface area (Å²) in [6.07, 6.45) is 0.387. The van der Waals surface area contributed by atoms with Crippen LogP contribution in [-0.2, 0) is 23.1 Å². The van der Waals surface area contributed by atoms with Crippen molar-refractivity contribution >= 4 is 11.7 Å². The summed E-state index contributed by atoms with van der Waals surface area (Å²) in [7, 11) is 1.56. The fourth-order valence-electron chi connectivity index (χ4n) is 4.96. The lowest BCUT2D eigenvalue weighted by Crippen LogP contribution is -2.44. The zero-order valence-electron chi connectivity index (χ0n) is 19.6. The fraction of sp³-hybridized carbons (Fsp3) is 0.346. The highest BCUT2D eigenvalue weighted by molar-refractivity contribution is 5.97. The van der Waals surface area contributed by atoms with Gasteiger partial charge in [0.15, 0.2) is 5.78 Å². The number of ketones is 1. The molecule has 8 nitrogen and oxygen atoms in total. The van der Waals surface area contributed by atoms with E-state index in [4.69, 9.17) is 14.0 Å². The van der Waals surface area contributed by atoms with E-state index < -0.39 is 28.7 Å². The van der Waals surface area contributed by atoms with Gasteiger partial charge in [0.05, 0.1) is 19.8 Å². The lowest BCUT2D eigenvalue weighted by atomic mass is 9.85. The number of fused-ring (bicyclic) bond motifs is 2. The molecule has 0 saturated heterocycles. The maximum atomic E-state index is 15.0. The maximum Gasteiger partial charge on any atom is 0.293 e. The Kier molecular flexibility index (Phi) is 5.50. The van der Waals surface area contributed by atoms with Gasteiger partial charge in [0.1, 0.15) is 23.4 Å². The second kappa shape index (κ2) is 8.41. The number of nitrogens with one attached hydrogen (secondary N) is 1. The number of rotatable bonds is 5. The Labute approximate surface area is 200 Å². The second-order valence-electron chi connectivity index (χ2n) is 9.56. The smallest absolute Gasteiger partial charge is 0.293 e. The van der Waals surface area contributed by atoms with Gasteiger partial charge in [0.25, 0.3) is 11.5 Å².